The fourth-order valence-electron chi connectivity index (χ4n) is 1.91. The van der Waals surface area contributed by atoms with E-state index >= 15 is 0 Å². The van der Waals surface area contributed by atoms with E-state index in [0.29, 0.717) is 15.6 Å². The van der Waals surface area contributed by atoms with Crippen LogP contribution in [0.15, 0.2) is 53.6 Å². The maximum absolute atomic E-state index is 12.0. The third-order valence-electron chi connectivity index (χ3n) is 3.14. The smallest absolute Gasteiger partial charge is 0.267 e. The first-order valence-corrected chi connectivity index (χ1v) is 7.64. The molecule has 0 saturated heterocycles. The van der Waals surface area contributed by atoms with Crippen molar-refractivity contribution in [2.24, 2.45) is 5.10 Å². The Morgan fingerprint density at radius 1 is 1.14 bits per heavy atom. The molecule has 0 heterocycles. The van der Waals surface area contributed by atoms with E-state index in [9.17, 15) is 4.79 Å². The minimum atomic E-state index is -0.347. The van der Waals surface area contributed by atoms with Gasteiger partial charge in [-0.3, -0.25) is 4.79 Å². The van der Waals surface area contributed by atoms with Gasteiger partial charge in [0, 0.05) is 10.7 Å². The summed E-state index contributed by atoms with van der Waals surface area (Å²) in [5.74, 6) is -0.347. The molecule has 0 aliphatic carbocycles. The molecular formula is C17H16Cl2N2O. The highest BCUT2D eigenvalue weighted by atomic mass is 35.5. The summed E-state index contributed by atoms with van der Waals surface area (Å²) in [4.78, 5) is 12.0. The Morgan fingerprint density at radius 2 is 1.86 bits per heavy atom. The molecule has 5 heteroatoms. The number of hydrogen-bond donors (Lipinski definition) is 1. The summed E-state index contributed by atoms with van der Waals surface area (Å²) >= 11 is 11.8. The molecule has 1 N–H and O–H groups in total. The van der Waals surface area contributed by atoms with Gasteiger partial charge in [0.05, 0.1) is 10.6 Å². The summed E-state index contributed by atoms with van der Waals surface area (Å²) in [5, 5.41) is 4.90. The SMILES string of the molecule is C/C(CCc1ccccc1)=N/NC(=O)c1ccc(Cl)cc1Cl. The summed E-state index contributed by atoms with van der Waals surface area (Å²) in [7, 11) is 0. The van der Waals surface area contributed by atoms with Crippen molar-refractivity contribution in [1.29, 1.82) is 0 Å². The van der Waals surface area contributed by atoms with Crippen molar-refractivity contribution in [1.82, 2.24) is 5.43 Å². The normalized spacial score (nSPS) is 11.3. The summed E-state index contributed by atoms with van der Waals surface area (Å²) in [5.41, 5.74) is 4.96. The van der Waals surface area contributed by atoms with Crippen LogP contribution >= 0.6 is 23.2 Å². The van der Waals surface area contributed by atoms with Gasteiger partial charge >= 0.3 is 0 Å². The van der Waals surface area contributed by atoms with E-state index in [0.717, 1.165) is 18.6 Å². The minimum absolute atomic E-state index is 0.308. The van der Waals surface area contributed by atoms with Crippen LogP contribution in [0, 0.1) is 0 Å². The lowest BCUT2D eigenvalue weighted by Gasteiger charge is -2.05. The number of aryl methyl sites for hydroxylation is 1. The van der Waals surface area contributed by atoms with Crippen LogP contribution in [0.2, 0.25) is 10.0 Å². The van der Waals surface area contributed by atoms with E-state index in [4.69, 9.17) is 23.2 Å². The molecule has 3 nitrogen and oxygen atoms in total. The number of hydrogen-bond acceptors (Lipinski definition) is 2. The maximum atomic E-state index is 12.0. The lowest BCUT2D eigenvalue weighted by Crippen LogP contribution is -2.19. The highest BCUT2D eigenvalue weighted by Gasteiger charge is 2.09. The largest absolute Gasteiger partial charge is 0.272 e. The zero-order valence-corrected chi connectivity index (χ0v) is 13.7. The fourth-order valence-corrected chi connectivity index (χ4v) is 2.40. The van der Waals surface area contributed by atoms with Crippen LogP contribution in [0.5, 0.6) is 0 Å². The third-order valence-corrected chi connectivity index (χ3v) is 3.69. The van der Waals surface area contributed by atoms with Crippen LogP contribution in [0.3, 0.4) is 0 Å². The van der Waals surface area contributed by atoms with E-state index in [1.807, 2.05) is 25.1 Å². The topological polar surface area (TPSA) is 41.5 Å². The average molecular weight is 335 g/mol. The van der Waals surface area contributed by atoms with Gasteiger partial charge < -0.3 is 0 Å². The second-order valence-electron chi connectivity index (χ2n) is 4.90. The predicted molar refractivity (Wildman–Crippen MR) is 91.8 cm³/mol. The van der Waals surface area contributed by atoms with E-state index < -0.39 is 0 Å². The van der Waals surface area contributed by atoms with Crippen LogP contribution < -0.4 is 5.43 Å². The van der Waals surface area contributed by atoms with Crippen LogP contribution in [0.4, 0.5) is 0 Å². The number of hydrazone groups is 1. The molecule has 0 aliphatic rings. The molecule has 22 heavy (non-hydrogen) atoms. The third kappa shape index (κ3) is 4.86. The van der Waals surface area contributed by atoms with Crippen molar-refractivity contribution >= 4 is 34.8 Å². The van der Waals surface area contributed by atoms with Crippen LogP contribution in [-0.2, 0) is 6.42 Å². The van der Waals surface area contributed by atoms with Crippen molar-refractivity contribution in [2.45, 2.75) is 19.8 Å². The zero-order chi connectivity index (χ0) is 15.9. The average Bonchev–Trinajstić information content (AvgIpc) is 2.51. The monoisotopic (exact) mass is 334 g/mol. The quantitative estimate of drug-likeness (QED) is 0.623. The predicted octanol–water partition coefficient (Wildman–Crippen LogP) is 4.73. The fraction of sp³-hybridized carbons (Fsp3) is 0.176. The molecule has 0 aromatic heterocycles. The molecule has 114 valence electrons. The molecule has 0 unspecified atom stereocenters. The number of carbonyl (C=O) groups excluding carboxylic acids is 1. The Hall–Kier alpha value is -1.84. The van der Waals surface area contributed by atoms with E-state index in [-0.39, 0.29) is 5.91 Å². The van der Waals surface area contributed by atoms with Gasteiger partial charge in [0.25, 0.3) is 5.91 Å². The van der Waals surface area contributed by atoms with Gasteiger partial charge in [0.15, 0.2) is 0 Å². The second-order valence-corrected chi connectivity index (χ2v) is 5.74. The van der Waals surface area contributed by atoms with Gasteiger partial charge in [-0.1, -0.05) is 53.5 Å². The number of halogens is 2. The molecule has 2 rings (SSSR count). The summed E-state index contributed by atoms with van der Waals surface area (Å²) < 4.78 is 0. The van der Waals surface area contributed by atoms with Gasteiger partial charge in [0.2, 0.25) is 0 Å². The number of benzene rings is 2. The summed E-state index contributed by atoms with van der Waals surface area (Å²) in [6, 6.07) is 14.9. The highest BCUT2D eigenvalue weighted by Crippen LogP contribution is 2.20. The van der Waals surface area contributed by atoms with Gasteiger partial charge in [-0.15, -0.1) is 0 Å². The Morgan fingerprint density at radius 3 is 2.55 bits per heavy atom. The van der Waals surface area contributed by atoms with Crippen molar-refractivity contribution < 1.29 is 4.79 Å². The number of carbonyl (C=O) groups is 1. The summed E-state index contributed by atoms with van der Waals surface area (Å²) in [6.45, 7) is 1.88. The molecule has 0 bridgehead atoms. The standard InChI is InChI=1S/C17H16Cl2N2O/c1-12(7-8-13-5-3-2-4-6-13)20-21-17(22)15-10-9-14(18)11-16(15)19/h2-6,9-11H,7-8H2,1H3,(H,21,22)/b20-12-. The van der Waals surface area contributed by atoms with Crippen molar-refractivity contribution in [2.75, 3.05) is 0 Å². The van der Waals surface area contributed by atoms with Crippen molar-refractivity contribution in [3.63, 3.8) is 0 Å². The van der Waals surface area contributed by atoms with Crippen LogP contribution in [0.1, 0.15) is 29.3 Å². The highest BCUT2D eigenvalue weighted by molar-refractivity contribution is 6.36. The van der Waals surface area contributed by atoms with Crippen molar-refractivity contribution in [3.05, 3.63) is 69.7 Å². The zero-order valence-electron chi connectivity index (χ0n) is 12.1. The molecule has 1 amide bonds. The van der Waals surface area contributed by atoms with E-state index in [2.05, 4.69) is 22.7 Å². The summed E-state index contributed by atoms with van der Waals surface area (Å²) in [6.07, 6.45) is 1.66. The second kappa shape index (κ2) is 7.97. The molecule has 0 spiro atoms. The van der Waals surface area contributed by atoms with E-state index in [1.54, 1.807) is 12.1 Å². The van der Waals surface area contributed by atoms with Gasteiger partial charge in [0.1, 0.15) is 0 Å². The maximum Gasteiger partial charge on any atom is 0.272 e. The van der Waals surface area contributed by atoms with Crippen LogP contribution in [0.25, 0.3) is 0 Å². The molecular weight excluding hydrogens is 319 g/mol. The van der Waals surface area contributed by atoms with Gasteiger partial charge in [-0.2, -0.15) is 5.10 Å². The Labute approximate surface area is 139 Å². The van der Waals surface area contributed by atoms with Crippen molar-refractivity contribution in [3.8, 4) is 0 Å². The lowest BCUT2D eigenvalue weighted by molar-refractivity contribution is 0.0955. The number of rotatable bonds is 5. The molecule has 0 aliphatic heterocycles. The minimum Gasteiger partial charge on any atom is -0.267 e. The van der Waals surface area contributed by atoms with Crippen LogP contribution in [-0.4, -0.2) is 11.6 Å². The molecule has 2 aromatic carbocycles. The number of amides is 1. The molecule has 2 aromatic rings. The van der Waals surface area contributed by atoms with Gasteiger partial charge in [-0.05, 0) is 43.5 Å². The number of nitrogens with zero attached hydrogens (tertiary/aromatic N) is 1. The molecule has 0 fully saturated rings. The Bertz CT molecular complexity index is 684. The number of nitrogens with one attached hydrogen (secondary N) is 1. The van der Waals surface area contributed by atoms with E-state index in [1.165, 1.54) is 11.6 Å². The Kier molecular flexibility index (Phi) is 5.99. The first-order valence-electron chi connectivity index (χ1n) is 6.89. The lowest BCUT2D eigenvalue weighted by atomic mass is 10.1. The molecule has 0 saturated carbocycles. The first-order chi connectivity index (χ1) is 10.6. The molecule has 0 radical (unpaired) electrons. The first kappa shape index (κ1) is 16.5. The Balaban J connectivity index is 1.91. The van der Waals surface area contributed by atoms with Gasteiger partial charge in [-0.25, -0.2) is 5.43 Å². The molecule has 0 atom stereocenters.